The van der Waals surface area contributed by atoms with Crippen LogP contribution in [0.2, 0.25) is 0 Å². The zero-order valence-electron chi connectivity index (χ0n) is 12.6. The fraction of sp³-hybridized carbons (Fsp3) is 0.118. The minimum absolute atomic E-state index is 0.0113. The van der Waals surface area contributed by atoms with Crippen molar-refractivity contribution in [3.05, 3.63) is 47.5 Å². The molecule has 0 unspecified atom stereocenters. The first-order chi connectivity index (χ1) is 11.0. The quantitative estimate of drug-likeness (QED) is 0.580. The average Bonchev–Trinajstić information content (AvgIpc) is 2.52. The lowest BCUT2D eigenvalue weighted by atomic mass is 10.1. The zero-order chi connectivity index (χ0) is 17.0. The highest BCUT2D eigenvalue weighted by Gasteiger charge is 2.17. The smallest absolute Gasteiger partial charge is 0.193 e. The molecule has 3 N–H and O–H groups in total. The summed E-state index contributed by atoms with van der Waals surface area (Å²) >= 11 is 0. The molecule has 0 fully saturated rings. The van der Waals surface area contributed by atoms with Gasteiger partial charge in [0.2, 0.25) is 0 Å². The number of phenolic OH excluding ortho intramolecular Hbond substituents is 3. The lowest BCUT2D eigenvalue weighted by Gasteiger charge is -2.10. The Morgan fingerprint density at radius 1 is 1.00 bits per heavy atom. The maximum absolute atomic E-state index is 12.3. The molecule has 2 aromatic rings. The van der Waals surface area contributed by atoms with E-state index in [1.165, 1.54) is 50.6 Å². The Kier molecular flexibility index (Phi) is 4.75. The first kappa shape index (κ1) is 16.2. The summed E-state index contributed by atoms with van der Waals surface area (Å²) in [6.45, 7) is 0. The van der Waals surface area contributed by atoms with Gasteiger partial charge in [-0.1, -0.05) is 0 Å². The fourth-order valence-corrected chi connectivity index (χ4v) is 2.02. The van der Waals surface area contributed by atoms with Gasteiger partial charge in [0.1, 0.15) is 34.3 Å². The highest BCUT2D eigenvalue weighted by molar-refractivity contribution is 6.10. The molecule has 0 aromatic heterocycles. The van der Waals surface area contributed by atoms with Crippen LogP contribution < -0.4 is 9.47 Å². The van der Waals surface area contributed by atoms with Crippen molar-refractivity contribution in [3.8, 4) is 28.7 Å². The zero-order valence-corrected chi connectivity index (χ0v) is 12.6. The summed E-state index contributed by atoms with van der Waals surface area (Å²) in [5, 5.41) is 28.9. The van der Waals surface area contributed by atoms with Crippen LogP contribution in [0.3, 0.4) is 0 Å². The van der Waals surface area contributed by atoms with Crippen LogP contribution in [0, 0.1) is 0 Å². The Hall–Kier alpha value is -3.15. The number of ketones is 1. The van der Waals surface area contributed by atoms with E-state index in [9.17, 15) is 20.1 Å². The molecule has 2 rings (SSSR count). The first-order valence-electron chi connectivity index (χ1n) is 6.65. The fourth-order valence-electron chi connectivity index (χ4n) is 2.02. The number of carbonyl (C=O) groups excluding carboxylic acids is 1. The second-order valence-electron chi connectivity index (χ2n) is 4.66. The van der Waals surface area contributed by atoms with E-state index in [0.717, 1.165) is 6.07 Å². The Bertz CT molecular complexity index is 764. The average molecular weight is 316 g/mol. The van der Waals surface area contributed by atoms with E-state index < -0.39 is 5.78 Å². The molecule has 0 saturated heterocycles. The first-order valence-corrected chi connectivity index (χ1v) is 6.65. The number of aromatic hydroxyl groups is 3. The number of phenols is 3. The molecule has 0 aliphatic carbocycles. The van der Waals surface area contributed by atoms with E-state index in [0.29, 0.717) is 11.3 Å². The standard InChI is InChI=1S/C17H16O6/c1-22-12-8-15(21)17(16(9-12)23-2)13(19)6-4-10-3-5-11(18)7-14(10)20/h3-9,18,20-21H,1-2H3/b6-4+. The van der Waals surface area contributed by atoms with E-state index in [1.807, 2.05) is 0 Å². The monoisotopic (exact) mass is 316 g/mol. The van der Waals surface area contributed by atoms with Crippen molar-refractivity contribution < 1.29 is 29.6 Å². The van der Waals surface area contributed by atoms with Crippen molar-refractivity contribution in [2.45, 2.75) is 0 Å². The SMILES string of the molecule is COc1cc(O)c(C(=O)/C=C/c2ccc(O)cc2O)c(OC)c1. The Labute approximate surface area is 132 Å². The highest BCUT2D eigenvalue weighted by atomic mass is 16.5. The Morgan fingerprint density at radius 2 is 1.74 bits per heavy atom. The van der Waals surface area contributed by atoms with Gasteiger partial charge in [-0.3, -0.25) is 4.79 Å². The van der Waals surface area contributed by atoms with Gasteiger partial charge < -0.3 is 24.8 Å². The number of hydrogen-bond donors (Lipinski definition) is 3. The summed E-state index contributed by atoms with van der Waals surface area (Å²) in [5.41, 5.74) is 0.339. The van der Waals surface area contributed by atoms with Gasteiger partial charge in [-0.2, -0.15) is 0 Å². The van der Waals surface area contributed by atoms with Crippen molar-refractivity contribution in [2.24, 2.45) is 0 Å². The number of allylic oxidation sites excluding steroid dienone is 1. The Morgan fingerprint density at radius 3 is 2.35 bits per heavy atom. The van der Waals surface area contributed by atoms with Gasteiger partial charge in [-0.25, -0.2) is 0 Å². The maximum Gasteiger partial charge on any atom is 0.193 e. The number of carbonyl (C=O) groups is 1. The van der Waals surface area contributed by atoms with Gasteiger partial charge in [0.25, 0.3) is 0 Å². The third kappa shape index (κ3) is 3.55. The summed E-state index contributed by atoms with van der Waals surface area (Å²) in [4.78, 5) is 12.3. The molecule has 6 heteroatoms. The topological polar surface area (TPSA) is 96.2 Å². The number of ether oxygens (including phenoxy) is 2. The molecule has 0 heterocycles. The predicted molar refractivity (Wildman–Crippen MR) is 84.3 cm³/mol. The van der Waals surface area contributed by atoms with Crippen LogP contribution in [0.5, 0.6) is 28.7 Å². The molecule has 120 valence electrons. The van der Waals surface area contributed by atoms with Crippen LogP contribution >= 0.6 is 0 Å². The molecule has 0 saturated carbocycles. The van der Waals surface area contributed by atoms with Crippen LogP contribution in [0.1, 0.15) is 15.9 Å². The molecule has 6 nitrogen and oxygen atoms in total. The van der Waals surface area contributed by atoms with E-state index >= 15 is 0 Å². The number of rotatable bonds is 5. The molecule has 0 aliphatic heterocycles. The van der Waals surface area contributed by atoms with Crippen molar-refractivity contribution in [1.29, 1.82) is 0 Å². The number of benzene rings is 2. The van der Waals surface area contributed by atoms with Crippen molar-refractivity contribution in [3.63, 3.8) is 0 Å². The largest absolute Gasteiger partial charge is 0.508 e. The molecule has 2 aromatic carbocycles. The maximum atomic E-state index is 12.3. The molecule has 0 spiro atoms. The summed E-state index contributed by atoms with van der Waals surface area (Å²) in [6.07, 6.45) is 2.57. The van der Waals surface area contributed by atoms with Crippen LogP contribution in [-0.2, 0) is 0 Å². The summed E-state index contributed by atoms with van der Waals surface area (Å²) in [7, 11) is 2.81. The van der Waals surface area contributed by atoms with Gasteiger partial charge in [0.05, 0.1) is 14.2 Å². The van der Waals surface area contributed by atoms with Crippen LogP contribution in [0.15, 0.2) is 36.4 Å². The van der Waals surface area contributed by atoms with E-state index in [2.05, 4.69) is 0 Å². The second kappa shape index (κ2) is 6.74. The molecule has 0 amide bonds. The highest BCUT2D eigenvalue weighted by Crippen LogP contribution is 2.34. The van der Waals surface area contributed by atoms with Crippen molar-refractivity contribution in [1.82, 2.24) is 0 Å². The lowest BCUT2D eigenvalue weighted by molar-refractivity contribution is 0.104. The third-order valence-corrected chi connectivity index (χ3v) is 3.19. The van der Waals surface area contributed by atoms with Crippen LogP contribution in [-0.4, -0.2) is 35.3 Å². The van der Waals surface area contributed by atoms with E-state index in [1.54, 1.807) is 0 Å². The van der Waals surface area contributed by atoms with Gasteiger partial charge in [-0.05, 0) is 24.3 Å². The summed E-state index contributed by atoms with van der Waals surface area (Å²) < 4.78 is 10.1. The number of methoxy groups -OCH3 is 2. The molecule has 23 heavy (non-hydrogen) atoms. The summed E-state index contributed by atoms with van der Waals surface area (Å²) in [6, 6.07) is 6.80. The third-order valence-electron chi connectivity index (χ3n) is 3.19. The van der Waals surface area contributed by atoms with E-state index in [4.69, 9.17) is 9.47 Å². The second-order valence-corrected chi connectivity index (χ2v) is 4.66. The Balaban J connectivity index is 2.35. The van der Waals surface area contributed by atoms with Crippen molar-refractivity contribution in [2.75, 3.05) is 14.2 Å². The predicted octanol–water partition coefficient (Wildman–Crippen LogP) is 2.72. The molecule has 0 aliphatic rings. The van der Waals surface area contributed by atoms with Crippen molar-refractivity contribution >= 4 is 11.9 Å². The number of hydrogen-bond acceptors (Lipinski definition) is 6. The molecule has 0 atom stereocenters. The molecular weight excluding hydrogens is 300 g/mol. The van der Waals surface area contributed by atoms with Gasteiger partial charge >= 0.3 is 0 Å². The summed E-state index contributed by atoms with van der Waals surface area (Å²) in [5.74, 6) is -0.497. The van der Waals surface area contributed by atoms with E-state index in [-0.39, 0.29) is 28.6 Å². The van der Waals surface area contributed by atoms with Crippen LogP contribution in [0.4, 0.5) is 0 Å². The van der Waals surface area contributed by atoms with Gasteiger partial charge in [0.15, 0.2) is 5.78 Å². The van der Waals surface area contributed by atoms with Gasteiger partial charge in [-0.15, -0.1) is 0 Å². The molecule has 0 radical (unpaired) electrons. The molecular formula is C17H16O6. The minimum atomic E-state index is -0.505. The minimum Gasteiger partial charge on any atom is -0.508 e. The van der Waals surface area contributed by atoms with Crippen LogP contribution in [0.25, 0.3) is 6.08 Å². The van der Waals surface area contributed by atoms with Gasteiger partial charge in [0, 0.05) is 23.8 Å². The lowest BCUT2D eigenvalue weighted by Crippen LogP contribution is -2.00. The normalized spacial score (nSPS) is 10.7. The molecule has 0 bridgehead atoms.